The average Bonchev–Trinajstić information content (AvgIpc) is 3.42. The lowest BCUT2D eigenvalue weighted by Gasteiger charge is -2.07. The van der Waals surface area contributed by atoms with Crippen LogP contribution in [0.15, 0.2) is 114 Å². The molecule has 0 unspecified atom stereocenters. The van der Waals surface area contributed by atoms with E-state index in [9.17, 15) is 4.79 Å². The molecule has 0 aliphatic carbocycles. The zero-order chi connectivity index (χ0) is 27.0. The molecule has 5 rings (SSSR count). The second kappa shape index (κ2) is 11.9. The molecule has 1 heterocycles. The highest BCUT2D eigenvalue weighted by molar-refractivity contribution is 5.95. The van der Waals surface area contributed by atoms with E-state index in [1.807, 2.05) is 72.9 Å². The van der Waals surface area contributed by atoms with Crippen molar-refractivity contribution in [3.8, 4) is 28.4 Å². The van der Waals surface area contributed by atoms with E-state index in [0.717, 1.165) is 33.8 Å². The molecule has 39 heavy (non-hydrogen) atoms. The molecule has 0 saturated carbocycles. The highest BCUT2D eigenvalue weighted by Gasteiger charge is 2.12. The van der Waals surface area contributed by atoms with E-state index in [2.05, 4.69) is 29.6 Å². The fourth-order valence-corrected chi connectivity index (χ4v) is 3.95. The summed E-state index contributed by atoms with van der Waals surface area (Å²) in [5.41, 5.74) is 8.68. The number of aromatic nitrogens is 2. The number of carbonyl (C=O) groups is 1. The van der Waals surface area contributed by atoms with E-state index in [-0.39, 0.29) is 5.91 Å². The smallest absolute Gasteiger partial charge is 0.271 e. The molecule has 0 aliphatic heterocycles. The van der Waals surface area contributed by atoms with Crippen LogP contribution >= 0.6 is 0 Å². The summed E-state index contributed by atoms with van der Waals surface area (Å²) in [5, 5.41) is 8.99. The van der Waals surface area contributed by atoms with Crippen molar-refractivity contribution in [2.45, 2.75) is 13.5 Å². The molecule has 0 fully saturated rings. The number of ether oxygens (including phenoxy) is 2. The predicted molar refractivity (Wildman–Crippen MR) is 153 cm³/mol. The minimum atomic E-state index is -0.321. The van der Waals surface area contributed by atoms with E-state index in [1.165, 1.54) is 5.56 Å². The summed E-state index contributed by atoms with van der Waals surface area (Å²) in [6, 6.07) is 32.6. The van der Waals surface area contributed by atoms with Crippen molar-refractivity contribution < 1.29 is 14.3 Å². The summed E-state index contributed by atoms with van der Waals surface area (Å²) in [6.07, 6.45) is 3.48. The molecule has 0 spiro atoms. The fourth-order valence-electron chi connectivity index (χ4n) is 3.95. The zero-order valence-corrected chi connectivity index (χ0v) is 21.7. The summed E-state index contributed by atoms with van der Waals surface area (Å²) < 4.78 is 12.9. The Morgan fingerprint density at radius 2 is 1.59 bits per heavy atom. The van der Waals surface area contributed by atoms with E-state index in [1.54, 1.807) is 42.3 Å². The van der Waals surface area contributed by atoms with Crippen LogP contribution in [0.25, 0.3) is 16.9 Å². The van der Waals surface area contributed by atoms with Crippen molar-refractivity contribution >= 4 is 12.1 Å². The number of hydrazone groups is 1. The number of aryl methyl sites for hydroxylation is 1. The summed E-state index contributed by atoms with van der Waals surface area (Å²) in [6.45, 7) is 2.51. The van der Waals surface area contributed by atoms with Crippen molar-refractivity contribution in [1.29, 1.82) is 0 Å². The SMILES string of the molecule is COc1ccc(-c2nn(-c3ccccc3)cc2/C=N/NC(=O)c2ccc(OCc3ccc(C)cc3)cc2)cc1. The molecular weight excluding hydrogens is 488 g/mol. The Morgan fingerprint density at radius 1 is 0.897 bits per heavy atom. The number of nitrogens with one attached hydrogen (secondary N) is 1. The van der Waals surface area contributed by atoms with Gasteiger partial charge in [-0.1, -0.05) is 48.0 Å². The van der Waals surface area contributed by atoms with Crippen molar-refractivity contribution in [3.63, 3.8) is 0 Å². The molecule has 1 N–H and O–H groups in total. The van der Waals surface area contributed by atoms with Gasteiger partial charge in [0.15, 0.2) is 0 Å². The Kier molecular flexibility index (Phi) is 7.79. The normalized spacial score (nSPS) is 10.9. The second-order valence-electron chi connectivity index (χ2n) is 8.94. The van der Waals surface area contributed by atoms with E-state index in [4.69, 9.17) is 14.6 Å². The van der Waals surface area contributed by atoms with Gasteiger partial charge in [-0.25, -0.2) is 10.1 Å². The Hall–Kier alpha value is -5.17. The van der Waals surface area contributed by atoms with Crippen LogP contribution in [0.5, 0.6) is 11.5 Å². The van der Waals surface area contributed by atoms with Crippen molar-refractivity contribution in [3.05, 3.63) is 132 Å². The maximum Gasteiger partial charge on any atom is 0.271 e. The molecular formula is C32H28N4O3. The van der Waals surface area contributed by atoms with Crippen LogP contribution < -0.4 is 14.9 Å². The standard InChI is InChI=1S/C32H28N4O3/c1-23-8-10-24(11-9-23)22-39-30-18-14-26(15-19-30)32(37)34-33-20-27-21-36(28-6-4-3-5-7-28)35-31(27)25-12-16-29(38-2)17-13-25/h3-21H,22H2,1-2H3,(H,34,37)/b33-20+. The number of rotatable bonds is 9. The second-order valence-corrected chi connectivity index (χ2v) is 8.94. The maximum absolute atomic E-state index is 12.7. The molecule has 7 nitrogen and oxygen atoms in total. The Labute approximate surface area is 227 Å². The zero-order valence-electron chi connectivity index (χ0n) is 21.7. The molecule has 0 atom stereocenters. The molecule has 5 aromatic rings. The number of carbonyl (C=O) groups excluding carboxylic acids is 1. The number of nitrogens with zero attached hydrogens (tertiary/aromatic N) is 3. The van der Waals surface area contributed by atoms with Gasteiger partial charge >= 0.3 is 0 Å². The van der Waals surface area contributed by atoms with Crippen LogP contribution in [0.1, 0.15) is 27.0 Å². The first-order valence-corrected chi connectivity index (χ1v) is 12.5. The minimum Gasteiger partial charge on any atom is -0.497 e. The molecule has 1 aromatic heterocycles. The first-order chi connectivity index (χ1) is 19.1. The van der Waals surface area contributed by atoms with E-state index >= 15 is 0 Å². The number of hydrogen-bond acceptors (Lipinski definition) is 5. The lowest BCUT2D eigenvalue weighted by molar-refractivity contribution is 0.0955. The fraction of sp³-hybridized carbons (Fsp3) is 0.0938. The molecule has 0 aliphatic rings. The first-order valence-electron chi connectivity index (χ1n) is 12.5. The molecule has 194 valence electrons. The molecule has 1 amide bonds. The van der Waals surface area contributed by atoms with Gasteiger partial charge in [-0.3, -0.25) is 4.79 Å². The Morgan fingerprint density at radius 3 is 2.28 bits per heavy atom. The van der Waals surface area contributed by atoms with Gasteiger partial charge in [-0.15, -0.1) is 0 Å². The molecule has 7 heteroatoms. The van der Waals surface area contributed by atoms with Crippen LogP contribution in [0.2, 0.25) is 0 Å². The van der Waals surface area contributed by atoms with Crippen LogP contribution in [0, 0.1) is 6.92 Å². The highest BCUT2D eigenvalue weighted by Crippen LogP contribution is 2.25. The van der Waals surface area contributed by atoms with Crippen LogP contribution in [0.4, 0.5) is 0 Å². The van der Waals surface area contributed by atoms with Crippen LogP contribution in [-0.2, 0) is 6.61 Å². The summed E-state index contributed by atoms with van der Waals surface area (Å²) in [5.74, 6) is 1.13. The van der Waals surface area contributed by atoms with Crippen molar-refractivity contribution in [2.75, 3.05) is 7.11 Å². The third kappa shape index (κ3) is 6.40. The summed E-state index contributed by atoms with van der Waals surface area (Å²) in [7, 11) is 1.63. The predicted octanol–water partition coefficient (Wildman–Crippen LogP) is 6.20. The van der Waals surface area contributed by atoms with Gasteiger partial charge in [0.05, 0.1) is 19.0 Å². The monoisotopic (exact) mass is 516 g/mol. The quantitative estimate of drug-likeness (QED) is 0.187. The number of para-hydroxylation sites is 1. The van der Waals surface area contributed by atoms with Gasteiger partial charge < -0.3 is 9.47 Å². The number of benzene rings is 4. The topological polar surface area (TPSA) is 77.7 Å². The minimum absolute atomic E-state index is 0.321. The highest BCUT2D eigenvalue weighted by atomic mass is 16.5. The molecule has 0 saturated heterocycles. The van der Waals surface area contributed by atoms with Crippen LogP contribution in [0.3, 0.4) is 0 Å². The third-order valence-corrected chi connectivity index (χ3v) is 6.14. The number of methoxy groups -OCH3 is 1. The first kappa shape index (κ1) is 25.5. The van der Waals surface area contributed by atoms with E-state index < -0.39 is 0 Å². The largest absolute Gasteiger partial charge is 0.497 e. The average molecular weight is 517 g/mol. The van der Waals surface area contributed by atoms with E-state index in [0.29, 0.717) is 17.9 Å². The number of amides is 1. The van der Waals surface area contributed by atoms with Gasteiger partial charge in [0.25, 0.3) is 5.91 Å². The summed E-state index contributed by atoms with van der Waals surface area (Å²) in [4.78, 5) is 12.7. The third-order valence-electron chi connectivity index (χ3n) is 6.14. The molecule has 4 aromatic carbocycles. The van der Waals surface area contributed by atoms with Crippen LogP contribution in [-0.4, -0.2) is 29.0 Å². The van der Waals surface area contributed by atoms with Gasteiger partial charge in [-0.05, 0) is 73.2 Å². The lowest BCUT2D eigenvalue weighted by Crippen LogP contribution is -2.17. The Balaban J connectivity index is 1.27. The molecule has 0 bridgehead atoms. The van der Waals surface area contributed by atoms with Gasteiger partial charge in [0.1, 0.15) is 23.8 Å². The van der Waals surface area contributed by atoms with Gasteiger partial charge in [-0.2, -0.15) is 10.2 Å². The lowest BCUT2D eigenvalue weighted by atomic mass is 10.1. The van der Waals surface area contributed by atoms with Crippen molar-refractivity contribution in [2.24, 2.45) is 5.10 Å². The summed E-state index contributed by atoms with van der Waals surface area (Å²) >= 11 is 0. The number of hydrogen-bond donors (Lipinski definition) is 1. The molecule has 0 radical (unpaired) electrons. The van der Waals surface area contributed by atoms with Gasteiger partial charge in [0.2, 0.25) is 0 Å². The van der Waals surface area contributed by atoms with Crippen molar-refractivity contribution in [1.82, 2.24) is 15.2 Å². The maximum atomic E-state index is 12.7. The Bertz CT molecular complexity index is 1560. The van der Waals surface area contributed by atoms with Gasteiger partial charge in [0, 0.05) is 22.9 Å².